The summed E-state index contributed by atoms with van der Waals surface area (Å²) in [6, 6.07) is 17.3. The van der Waals surface area contributed by atoms with Crippen molar-refractivity contribution in [2.24, 2.45) is 0 Å². The summed E-state index contributed by atoms with van der Waals surface area (Å²) in [7, 11) is 0. The second-order valence-electron chi connectivity index (χ2n) is 5.29. The molecule has 6 heteroatoms. The monoisotopic (exact) mass is 332 g/mol. The molecule has 2 atom stereocenters. The van der Waals surface area contributed by atoms with E-state index in [0.29, 0.717) is 5.56 Å². The van der Waals surface area contributed by atoms with Gasteiger partial charge in [0.15, 0.2) is 11.7 Å². The van der Waals surface area contributed by atoms with Crippen molar-refractivity contribution >= 4 is 11.9 Å². The first-order valence-electron chi connectivity index (χ1n) is 7.21. The first kappa shape index (κ1) is 19.3. The maximum Gasteiger partial charge on any atom is 0.340 e. The molecular formula is C18H20O6. The second kappa shape index (κ2) is 8.81. The molecule has 0 heterocycles. The Hall–Kier alpha value is -2.70. The number of carboxylic acid groups (broad SMARTS) is 2. The van der Waals surface area contributed by atoms with Crippen LogP contribution in [0.25, 0.3) is 0 Å². The van der Waals surface area contributed by atoms with Gasteiger partial charge in [0, 0.05) is 6.42 Å². The summed E-state index contributed by atoms with van der Waals surface area (Å²) in [6.45, 7) is 1.25. The van der Waals surface area contributed by atoms with Gasteiger partial charge in [-0.05, 0) is 18.1 Å². The van der Waals surface area contributed by atoms with Crippen LogP contribution >= 0.6 is 0 Å². The fourth-order valence-electron chi connectivity index (χ4n) is 1.81. The number of hydrogen-bond donors (Lipinski definition) is 4. The Balaban J connectivity index is 0.000000240. The summed E-state index contributed by atoms with van der Waals surface area (Å²) in [5.41, 5.74) is -0.578. The fraction of sp³-hybridized carbons (Fsp3) is 0.222. The summed E-state index contributed by atoms with van der Waals surface area (Å²) >= 11 is 0. The molecule has 0 fully saturated rings. The van der Waals surface area contributed by atoms with Crippen molar-refractivity contribution < 1.29 is 30.0 Å². The highest BCUT2D eigenvalue weighted by Crippen LogP contribution is 2.19. The summed E-state index contributed by atoms with van der Waals surface area (Å²) in [5, 5.41) is 35.5. The Bertz CT molecular complexity index is 652. The van der Waals surface area contributed by atoms with E-state index in [0.717, 1.165) is 5.56 Å². The lowest BCUT2D eigenvalue weighted by atomic mass is 9.97. The van der Waals surface area contributed by atoms with E-state index in [-0.39, 0.29) is 6.42 Å². The van der Waals surface area contributed by atoms with Crippen LogP contribution in [0.1, 0.15) is 18.1 Å². The Morgan fingerprint density at radius 1 is 0.958 bits per heavy atom. The number of rotatable bonds is 5. The number of benzene rings is 2. The first-order valence-corrected chi connectivity index (χ1v) is 7.21. The van der Waals surface area contributed by atoms with E-state index in [1.807, 2.05) is 18.2 Å². The maximum absolute atomic E-state index is 10.6. The van der Waals surface area contributed by atoms with Gasteiger partial charge in [0.25, 0.3) is 0 Å². The molecular weight excluding hydrogens is 312 g/mol. The van der Waals surface area contributed by atoms with Crippen molar-refractivity contribution in [1.29, 1.82) is 0 Å². The molecule has 0 saturated carbocycles. The van der Waals surface area contributed by atoms with Crippen molar-refractivity contribution in [3.8, 4) is 0 Å². The zero-order valence-corrected chi connectivity index (χ0v) is 13.2. The second-order valence-corrected chi connectivity index (χ2v) is 5.29. The van der Waals surface area contributed by atoms with Crippen LogP contribution in [0, 0.1) is 0 Å². The highest BCUT2D eigenvalue weighted by molar-refractivity contribution is 5.78. The minimum Gasteiger partial charge on any atom is -0.479 e. The zero-order chi connectivity index (χ0) is 18.2. The predicted molar refractivity (Wildman–Crippen MR) is 87.4 cm³/mol. The van der Waals surface area contributed by atoms with Crippen LogP contribution in [0.2, 0.25) is 0 Å². The lowest BCUT2D eigenvalue weighted by Gasteiger charge is -2.17. The Morgan fingerprint density at radius 3 is 1.83 bits per heavy atom. The normalized spacial score (nSPS) is 13.8. The molecule has 0 aliphatic heterocycles. The molecule has 4 N–H and O–H groups in total. The molecule has 2 aromatic carbocycles. The van der Waals surface area contributed by atoms with E-state index >= 15 is 0 Å². The minimum atomic E-state index is -1.79. The van der Waals surface area contributed by atoms with Crippen molar-refractivity contribution in [2.45, 2.75) is 25.0 Å². The molecule has 128 valence electrons. The van der Waals surface area contributed by atoms with E-state index in [1.165, 1.54) is 6.92 Å². The molecule has 0 saturated heterocycles. The number of hydrogen-bond acceptors (Lipinski definition) is 4. The molecule has 0 aliphatic rings. The van der Waals surface area contributed by atoms with E-state index in [9.17, 15) is 14.7 Å². The zero-order valence-electron chi connectivity index (χ0n) is 13.2. The van der Waals surface area contributed by atoms with Crippen LogP contribution in [-0.4, -0.2) is 38.5 Å². The summed E-state index contributed by atoms with van der Waals surface area (Å²) in [6.07, 6.45) is -1.14. The molecule has 2 rings (SSSR count). The SMILES string of the molecule is CC(O)(C(=O)O)c1ccccc1.O=C(O)C(O)Cc1ccccc1. The quantitative estimate of drug-likeness (QED) is 0.662. The highest BCUT2D eigenvalue weighted by Gasteiger charge is 2.31. The maximum atomic E-state index is 10.6. The molecule has 0 amide bonds. The smallest absolute Gasteiger partial charge is 0.340 e. The molecule has 0 radical (unpaired) electrons. The number of carboxylic acids is 2. The first-order chi connectivity index (χ1) is 11.2. The van der Waals surface area contributed by atoms with Gasteiger partial charge in [0.2, 0.25) is 0 Å². The minimum absolute atomic E-state index is 0.163. The van der Waals surface area contributed by atoms with E-state index in [1.54, 1.807) is 42.5 Å². The lowest BCUT2D eigenvalue weighted by molar-refractivity contribution is -0.157. The molecule has 0 spiro atoms. The van der Waals surface area contributed by atoms with Gasteiger partial charge in [-0.3, -0.25) is 0 Å². The topological polar surface area (TPSA) is 115 Å². The third-order valence-electron chi connectivity index (χ3n) is 3.31. The molecule has 0 bridgehead atoms. The summed E-state index contributed by atoms with van der Waals surface area (Å²) < 4.78 is 0. The standard InChI is InChI=1S/2C9H10O3/c1-9(12,8(10)11)7-5-3-2-4-6-7;10-8(9(11)12)6-7-4-2-1-3-5-7/h2-6,12H,1H3,(H,10,11);1-5,8,10H,6H2,(H,11,12). The largest absolute Gasteiger partial charge is 0.479 e. The predicted octanol–water partition coefficient (Wildman–Crippen LogP) is 1.65. The molecule has 6 nitrogen and oxygen atoms in total. The van der Waals surface area contributed by atoms with Crippen LogP contribution in [0.3, 0.4) is 0 Å². The van der Waals surface area contributed by atoms with Crippen LogP contribution in [-0.2, 0) is 21.6 Å². The third kappa shape index (κ3) is 5.83. The van der Waals surface area contributed by atoms with Crippen molar-refractivity contribution in [3.63, 3.8) is 0 Å². The summed E-state index contributed by atoms with van der Waals surface area (Å²) in [4.78, 5) is 20.8. The van der Waals surface area contributed by atoms with Crippen LogP contribution < -0.4 is 0 Å². The Labute approximate surface area is 139 Å². The highest BCUT2D eigenvalue weighted by atomic mass is 16.4. The summed E-state index contributed by atoms with van der Waals surface area (Å²) in [5.74, 6) is -2.42. The van der Waals surface area contributed by atoms with Gasteiger partial charge in [-0.1, -0.05) is 60.7 Å². The number of aliphatic carboxylic acids is 2. The van der Waals surface area contributed by atoms with Gasteiger partial charge in [-0.2, -0.15) is 0 Å². The van der Waals surface area contributed by atoms with E-state index in [4.69, 9.17) is 15.3 Å². The average Bonchev–Trinajstić information content (AvgIpc) is 2.57. The van der Waals surface area contributed by atoms with Gasteiger partial charge < -0.3 is 20.4 Å². The molecule has 0 aliphatic carbocycles. The van der Waals surface area contributed by atoms with Gasteiger partial charge in [-0.15, -0.1) is 0 Å². The fourth-order valence-corrected chi connectivity index (χ4v) is 1.81. The van der Waals surface area contributed by atoms with Crippen LogP contribution in [0.15, 0.2) is 60.7 Å². The third-order valence-corrected chi connectivity index (χ3v) is 3.31. The van der Waals surface area contributed by atoms with Gasteiger partial charge >= 0.3 is 11.9 Å². The van der Waals surface area contributed by atoms with Crippen LogP contribution in [0.4, 0.5) is 0 Å². The van der Waals surface area contributed by atoms with Crippen molar-refractivity contribution in [3.05, 3.63) is 71.8 Å². The lowest BCUT2D eigenvalue weighted by Crippen LogP contribution is -2.31. The van der Waals surface area contributed by atoms with Crippen molar-refractivity contribution in [1.82, 2.24) is 0 Å². The number of carbonyl (C=O) groups is 2. The number of aliphatic hydroxyl groups excluding tert-OH is 1. The van der Waals surface area contributed by atoms with E-state index in [2.05, 4.69) is 0 Å². The molecule has 24 heavy (non-hydrogen) atoms. The average molecular weight is 332 g/mol. The van der Waals surface area contributed by atoms with Crippen molar-refractivity contribution in [2.75, 3.05) is 0 Å². The Morgan fingerprint density at radius 2 is 1.42 bits per heavy atom. The van der Waals surface area contributed by atoms with Gasteiger partial charge in [-0.25, -0.2) is 9.59 Å². The molecule has 2 aromatic rings. The van der Waals surface area contributed by atoms with E-state index < -0.39 is 23.6 Å². The van der Waals surface area contributed by atoms with Gasteiger partial charge in [0.05, 0.1) is 0 Å². The molecule has 2 unspecified atom stereocenters. The Kier molecular flexibility index (Phi) is 7.10. The molecule has 0 aromatic heterocycles. The number of aliphatic hydroxyl groups is 2. The van der Waals surface area contributed by atoms with Gasteiger partial charge in [0.1, 0.15) is 0 Å². The van der Waals surface area contributed by atoms with Crippen LogP contribution in [0.5, 0.6) is 0 Å².